The van der Waals surface area contributed by atoms with Gasteiger partial charge in [0.25, 0.3) is 0 Å². The summed E-state index contributed by atoms with van der Waals surface area (Å²) in [7, 11) is 0. The Kier molecular flexibility index (Phi) is 2.98. The first-order valence-electron chi connectivity index (χ1n) is 5.95. The van der Waals surface area contributed by atoms with E-state index >= 15 is 0 Å². The molecule has 9 nitrogen and oxygen atoms in total. The molecule has 2 aromatic rings. The summed E-state index contributed by atoms with van der Waals surface area (Å²) in [5, 5.41) is 28.8. The summed E-state index contributed by atoms with van der Waals surface area (Å²) >= 11 is 0. The first kappa shape index (κ1) is 13.1. The Bertz CT molecular complexity index is 645. The van der Waals surface area contributed by atoms with Crippen LogP contribution in [-0.2, 0) is 4.74 Å². The van der Waals surface area contributed by atoms with Gasteiger partial charge in [0.1, 0.15) is 29.9 Å². The number of nitrogens with zero attached hydrogens (tertiary/aromatic N) is 2. The summed E-state index contributed by atoms with van der Waals surface area (Å²) in [6.45, 7) is -0.413. The quantitative estimate of drug-likeness (QED) is 0.443. The lowest BCUT2D eigenvalue weighted by Gasteiger charge is -2.12. The molecule has 1 fully saturated rings. The van der Waals surface area contributed by atoms with Crippen LogP contribution in [0.3, 0.4) is 0 Å². The number of aliphatic hydroxyl groups is 3. The van der Waals surface area contributed by atoms with Crippen molar-refractivity contribution in [3.8, 4) is 0 Å². The normalized spacial score (nSPS) is 30.1. The summed E-state index contributed by atoms with van der Waals surface area (Å²) in [5.74, 6) is 0.0369. The van der Waals surface area contributed by atoms with Crippen molar-refractivity contribution in [2.75, 3.05) is 18.1 Å². The number of nitrogens with two attached hydrogens (primary N) is 2. The predicted molar refractivity (Wildman–Crippen MR) is 67.3 cm³/mol. The lowest BCUT2D eigenvalue weighted by Crippen LogP contribution is -2.32. The van der Waals surface area contributed by atoms with Crippen LogP contribution in [0.25, 0.3) is 11.1 Å². The molecule has 20 heavy (non-hydrogen) atoms. The van der Waals surface area contributed by atoms with E-state index in [1.54, 1.807) is 0 Å². The van der Waals surface area contributed by atoms with Crippen LogP contribution in [0.1, 0.15) is 11.7 Å². The molecule has 3 heterocycles. The van der Waals surface area contributed by atoms with Crippen LogP contribution >= 0.6 is 0 Å². The highest BCUT2D eigenvalue weighted by molar-refractivity contribution is 5.86. The second-order valence-electron chi connectivity index (χ2n) is 4.59. The fourth-order valence-electron chi connectivity index (χ4n) is 2.33. The van der Waals surface area contributed by atoms with Gasteiger partial charge in [-0.15, -0.1) is 0 Å². The van der Waals surface area contributed by atoms with E-state index in [0.29, 0.717) is 11.1 Å². The Morgan fingerprint density at radius 1 is 1.20 bits per heavy atom. The van der Waals surface area contributed by atoms with Crippen molar-refractivity contribution in [3.05, 3.63) is 11.8 Å². The van der Waals surface area contributed by atoms with Crippen molar-refractivity contribution in [3.63, 3.8) is 0 Å². The maximum Gasteiger partial charge on any atom is 0.222 e. The molecule has 0 aromatic carbocycles. The van der Waals surface area contributed by atoms with Gasteiger partial charge in [-0.2, -0.15) is 4.98 Å². The highest BCUT2D eigenvalue weighted by atomic mass is 16.6. The van der Waals surface area contributed by atoms with Gasteiger partial charge in [0.15, 0.2) is 11.4 Å². The highest BCUT2D eigenvalue weighted by Gasteiger charge is 2.44. The number of ether oxygens (including phenoxy) is 1. The third-order valence-electron chi connectivity index (χ3n) is 3.34. The fourth-order valence-corrected chi connectivity index (χ4v) is 2.33. The van der Waals surface area contributed by atoms with Crippen LogP contribution < -0.4 is 11.5 Å². The van der Waals surface area contributed by atoms with Crippen LogP contribution in [-0.4, -0.2) is 50.2 Å². The molecule has 1 aliphatic rings. The third kappa shape index (κ3) is 1.79. The first-order chi connectivity index (χ1) is 9.52. The van der Waals surface area contributed by atoms with Crippen LogP contribution in [0.15, 0.2) is 10.7 Å². The number of aromatic nitrogens is 2. The SMILES string of the molecule is Nc1nc(N)c2occ([C@@H]3O[C@H](CO)[C@@H](O)[C@H]3O)c2n1. The van der Waals surface area contributed by atoms with Gasteiger partial charge in [-0.05, 0) is 0 Å². The van der Waals surface area contributed by atoms with Crippen LogP contribution in [0.4, 0.5) is 11.8 Å². The number of nitrogen functional groups attached to an aromatic ring is 2. The average Bonchev–Trinajstić information content (AvgIpc) is 2.93. The molecule has 108 valence electrons. The second-order valence-corrected chi connectivity index (χ2v) is 4.59. The molecule has 0 bridgehead atoms. The van der Waals surface area contributed by atoms with Crippen molar-refractivity contribution in [1.29, 1.82) is 0 Å². The molecular formula is C11H14N4O5. The predicted octanol–water partition coefficient (Wildman–Crippen LogP) is -1.46. The molecule has 9 heteroatoms. The zero-order chi connectivity index (χ0) is 14.4. The Hall–Kier alpha value is -1.94. The topological polar surface area (TPSA) is 161 Å². The molecule has 2 aromatic heterocycles. The van der Waals surface area contributed by atoms with E-state index in [1.165, 1.54) is 6.26 Å². The minimum Gasteiger partial charge on any atom is -0.458 e. The second kappa shape index (κ2) is 4.56. The van der Waals surface area contributed by atoms with Gasteiger partial charge in [0.05, 0.1) is 12.9 Å². The summed E-state index contributed by atoms with van der Waals surface area (Å²) in [6, 6.07) is 0. The largest absolute Gasteiger partial charge is 0.458 e. The van der Waals surface area contributed by atoms with Crippen molar-refractivity contribution >= 4 is 22.9 Å². The molecule has 0 aliphatic carbocycles. The zero-order valence-corrected chi connectivity index (χ0v) is 10.3. The van der Waals surface area contributed by atoms with Crippen LogP contribution in [0.2, 0.25) is 0 Å². The van der Waals surface area contributed by atoms with Gasteiger partial charge < -0.3 is 35.9 Å². The summed E-state index contributed by atoms with van der Waals surface area (Å²) in [6.07, 6.45) is -2.87. The molecule has 4 atom stereocenters. The Morgan fingerprint density at radius 2 is 1.95 bits per heavy atom. The standard InChI is InChI=1S/C11H14N4O5/c12-10-9-5(14-11(13)15-10)3(2-19-9)8-7(18)6(17)4(1-16)20-8/h2,4,6-8,16-18H,1H2,(H4,12,13,14,15)/t4-,6-,7-,8+/m1/s1. The van der Waals surface area contributed by atoms with Crippen molar-refractivity contribution in [1.82, 2.24) is 9.97 Å². The van der Waals surface area contributed by atoms with Crippen LogP contribution in [0.5, 0.6) is 0 Å². The zero-order valence-electron chi connectivity index (χ0n) is 10.3. The van der Waals surface area contributed by atoms with Crippen LogP contribution in [0, 0.1) is 0 Å². The number of anilines is 2. The van der Waals surface area contributed by atoms with Gasteiger partial charge in [-0.3, -0.25) is 0 Å². The number of furan rings is 1. The Labute approximate surface area is 112 Å². The number of hydrogen-bond donors (Lipinski definition) is 5. The molecule has 0 amide bonds. The molecule has 0 saturated carbocycles. The monoisotopic (exact) mass is 282 g/mol. The maximum atomic E-state index is 10.00. The first-order valence-corrected chi connectivity index (χ1v) is 5.95. The Morgan fingerprint density at radius 3 is 2.60 bits per heavy atom. The van der Waals surface area contributed by atoms with Crippen molar-refractivity contribution < 1.29 is 24.5 Å². The number of fused-ring (bicyclic) bond motifs is 1. The van der Waals surface area contributed by atoms with E-state index in [0.717, 1.165) is 0 Å². The minimum absolute atomic E-state index is 0.0376. The smallest absolute Gasteiger partial charge is 0.222 e. The lowest BCUT2D eigenvalue weighted by atomic mass is 10.0. The number of aliphatic hydroxyl groups excluding tert-OH is 3. The maximum absolute atomic E-state index is 10.00. The third-order valence-corrected chi connectivity index (χ3v) is 3.34. The number of rotatable bonds is 2. The van der Waals surface area contributed by atoms with Gasteiger partial charge in [0.2, 0.25) is 5.95 Å². The molecular weight excluding hydrogens is 268 g/mol. The van der Waals surface area contributed by atoms with E-state index in [1.807, 2.05) is 0 Å². The van der Waals surface area contributed by atoms with Gasteiger partial charge in [0, 0.05) is 5.56 Å². The highest BCUT2D eigenvalue weighted by Crippen LogP contribution is 2.38. The van der Waals surface area contributed by atoms with E-state index in [2.05, 4.69) is 9.97 Å². The molecule has 1 aliphatic heterocycles. The molecule has 0 radical (unpaired) electrons. The summed E-state index contributed by atoms with van der Waals surface area (Å²) in [5.41, 5.74) is 12.1. The van der Waals surface area contributed by atoms with E-state index in [9.17, 15) is 10.2 Å². The summed E-state index contributed by atoms with van der Waals surface area (Å²) < 4.78 is 10.7. The molecule has 1 saturated heterocycles. The van der Waals surface area contributed by atoms with Gasteiger partial charge in [-0.25, -0.2) is 4.98 Å². The number of hydrogen-bond acceptors (Lipinski definition) is 9. The van der Waals surface area contributed by atoms with Gasteiger partial charge >= 0.3 is 0 Å². The minimum atomic E-state index is -1.22. The molecule has 0 unspecified atom stereocenters. The molecule has 0 spiro atoms. The summed E-state index contributed by atoms with van der Waals surface area (Å²) in [4.78, 5) is 7.77. The van der Waals surface area contributed by atoms with E-state index < -0.39 is 31.0 Å². The lowest BCUT2D eigenvalue weighted by molar-refractivity contribution is -0.0226. The van der Waals surface area contributed by atoms with Crippen molar-refractivity contribution in [2.45, 2.75) is 24.4 Å². The van der Waals surface area contributed by atoms with E-state index in [4.69, 9.17) is 25.7 Å². The van der Waals surface area contributed by atoms with Gasteiger partial charge in [-0.1, -0.05) is 0 Å². The van der Waals surface area contributed by atoms with E-state index in [-0.39, 0.29) is 17.3 Å². The fraction of sp³-hybridized carbons (Fsp3) is 0.455. The van der Waals surface area contributed by atoms with Crippen molar-refractivity contribution in [2.24, 2.45) is 0 Å². The molecule has 7 N–H and O–H groups in total. The Balaban J connectivity index is 2.07. The average molecular weight is 282 g/mol. The molecule has 3 rings (SSSR count).